The summed E-state index contributed by atoms with van der Waals surface area (Å²) in [7, 11) is 0. The normalized spacial score (nSPS) is 14.7. The fourth-order valence-electron chi connectivity index (χ4n) is 1.25. The van der Waals surface area contributed by atoms with Crippen LogP contribution in [0.25, 0.3) is 0 Å². The van der Waals surface area contributed by atoms with E-state index >= 15 is 0 Å². The zero-order chi connectivity index (χ0) is 11.6. The van der Waals surface area contributed by atoms with E-state index in [1.54, 1.807) is 13.0 Å². The number of aryl methyl sites for hydroxylation is 1. The van der Waals surface area contributed by atoms with Crippen LogP contribution in [0.2, 0.25) is 0 Å². The van der Waals surface area contributed by atoms with Gasteiger partial charge in [0.05, 0.1) is 4.92 Å². The molecule has 1 rings (SSSR count). The lowest BCUT2D eigenvalue weighted by Gasteiger charge is -2.13. The van der Waals surface area contributed by atoms with Gasteiger partial charge in [0, 0.05) is 23.1 Å². The van der Waals surface area contributed by atoms with E-state index in [2.05, 4.69) is 4.98 Å². The SMILES string of the molecule is Cc1nc(C(C)C(C)Cl)ccc1[N+](=O)[O-]. The smallest absolute Gasteiger partial charge is 0.258 e. The van der Waals surface area contributed by atoms with Gasteiger partial charge in [0.25, 0.3) is 5.69 Å². The average molecular weight is 229 g/mol. The maximum Gasteiger partial charge on any atom is 0.290 e. The topological polar surface area (TPSA) is 56.0 Å². The molecule has 0 aliphatic rings. The minimum atomic E-state index is -0.430. The van der Waals surface area contributed by atoms with Crippen molar-refractivity contribution in [3.8, 4) is 0 Å². The zero-order valence-corrected chi connectivity index (χ0v) is 9.65. The Balaban J connectivity index is 3.06. The van der Waals surface area contributed by atoms with E-state index in [4.69, 9.17) is 11.6 Å². The predicted molar refractivity (Wildman–Crippen MR) is 59.4 cm³/mol. The van der Waals surface area contributed by atoms with Gasteiger partial charge in [0.15, 0.2) is 0 Å². The number of halogens is 1. The highest BCUT2D eigenvalue weighted by Crippen LogP contribution is 2.24. The van der Waals surface area contributed by atoms with Crippen molar-refractivity contribution in [3.63, 3.8) is 0 Å². The van der Waals surface area contributed by atoms with Gasteiger partial charge in [-0.1, -0.05) is 6.92 Å². The van der Waals surface area contributed by atoms with Crippen molar-refractivity contribution in [2.75, 3.05) is 0 Å². The summed E-state index contributed by atoms with van der Waals surface area (Å²) in [5, 5.41) is 10.5. The largest absolute Gasteiger partial charge is 0.290 e. The third-order valence-electron chi connectivity index (χ3n) is 2.43. The van der Waals surface area contributed by atoms with E-state index in [9.17, 15) is 10.1 Å². The molecule has 0 fully saturated rings. The molecule has 1 aromatic heterocycles. The second kappa shape index (κ2) is 4.57. The van der Waals surface area contributed by atoms with Crippen LogP contribution >= 0.6 is 11.6 Å². The Morgan fingerprint density at radius 3 is 2.47 bits per heavy atom. The number of nitrogens with zero attached hydrogens (tertiary/aromatic N) is 2. The Bertz CT molecular complexity index is 380. The van der Waals surface area contributed by atoms with Crippen LogP contribution in [0.1, 0.15) is 31.2 Å². The van der Waals surface area contributed by atoms with Crippen LogP contribution in [0, 0.1) is 17.0 Å². The first-order valence-electron chi connectivity index (χ1n) is 4.69. The fraction of sp³-hybridized carbons (Fsp3) is 0.500. The Labute approximate surface area is 93.4 Å². The summed E-state index contributed by atoms with van der Waals surface area (Å²) >= 11 is 5.94. The molecule has 1 heterocycles. The monoisotopic (exact) mass is 228 g/mol. The lowest BCUT2D eigenvalue weighted by Crippen LogP contribution is -2.08. The Morgan fingerprint density at radius 1 is 1.47 bits per heavy atom. The first kappa shape index (κ1) is 11.9. The Morgan fingerprint density at radius 2 is 2.07 bits per heavy atom. The number of hydrogen-bond donors (Lipinski definition) is 0. The molecule has 0 saturated heterocycles. The third kappa shape index (κ3) is 2.65. The van der Waals surface area contributed by atoms with E-state index < -0.39 is 4.92 Å². The lowest BCUT2D eigenvalue weighted by atomic mass is 10.0. The molecule has 1 aromatic rings. The molecular formula is C10H13ClN2O2. The quantitative estimate of drug-likeness (QED) is 0.454. The van der Waals surface area contributed by atoms with Crippen LogP contribution in [0.3, 0.4) is 0 Å². The van der Waals surface area contributed by atoms with Crippen LogP contribution in [0.5, 0.6) is 0 Å². The number of pyridine rings is 1. The number of hydrogen-bond acceptors (Lipinski definition) is 3. The molecule has 5 heteroatoms. The van der Waals surface area contributed by atoms with Gasteiger partial charge in [-0.25, -0.2) is 0 Å². The summed E-state index contributed by atoms with van der Waals surface area (Å²) in [5.41, 5.74) is 1.27. The van der Waals surface area contributed by atoms with E-state index in [-0.39, 0.29) is 17.0 Å². The Hall–Kier alpha value is -1.16. The van der Waals surface area contributed by atoms with Crippen LogP contribution in [0.4, 0.5) is 5.69 Å². The first-order valence-corrected chi connectivity index (χ1v) is 5.13. The molecule has 0 N–H and O–H groups in total. The van der Waals surface area contributed by atoms with Crippen molar-refractivity contribution >= 4 is 17.3 Å². The first-order chi connectivity index (χ1) is 6.93. The predicted octanol–water partition coefficient (Wildman–Crippen LogP) is 3.03. The minimum Gasteiger partial charge on any atom is -0.258 e. The van der Waals surface area contributed by atoms with Gasteiger partial charge >= 0.3 is 0 Å². The summed E-state index contributed by atoms with van der Waals surface area (Å²) in [4.78, 5) is 14.3. The molecule has 0 saturated carbocycles. The number of rotatable bonds is 3. The van der Waals surface area contributed by atoms with Crippen LogP contribution in [-0.4, -0.2) is 15.3 Å². The highest BCUT2D eigenvalue weighted by Gasteiger charge is 2.17. The van der Waals surface area contributed by atoms with Gasteiger partial charge in [-0.3, -0.25) is 15.1 Å². The van der Waals surface area contributed by atoms with Crippen molar-refractivity contribution in [1.29, 1.82) is 0 Å². The molecule has 0 aliphatic heterocycles. The Kier molecular flexibility index (Phi) is 3.63. The molecular weight excluding hydrogens is 216 g/mol. The van der Waals surface area contributed by atoms with E-state index in [0.29, 0.717) is 5.69 Å². The van der Waals surface area contributed by atoms with Gasteiger partial charge < -0.3 is 0 Å². The van der Waals surface area contributed by atoms with Crippen molar-refractivity contribution < 1.29 is 4.92 Å². The second-order valence-electron chi connectivity index (χ2n) is 3.56. The van der Waals surface area contributed by atoms with Gasteiger partial charge in [-0.2, -0.15) is 0 Å². The van der Waals surface area contributed by atoms with Crippen LogP contribution in [-0.2, 0) is 0 Å². The molecule has 2 unspecified atom stereocenters. The molecule has 0 radical (unpaired) electrons. The van der Waals surface area contributed by atoms with Crippen molar-refractivity contribution in [1.82, 2.24) is 4.98 Å². The maximum atomic E-state index is 10.6. The van der Waals surface area contributed by atoms with Crippen LogP contribution < -0.4 is 0 Å². The van der Waals surface area contributed by atoms with E-state index in [0.717, 1.165) is 5.69 Å². The summed E-state index contributed by atoms with van der Waals surface area (Å²) in [6, 6.07) is 3.14. The number of aromatic nitrogens is 1. The van der Waals surface area contributed by atoms with Crippen molar-refractivity contribution in [2.45, 2.75) is 32.1 Å². The molecule has 0 amide bonds. The summed E-state index contributed by atoms with van der Waals surface area (Å²) in [6.07, 6.45) is 0. The van der Waals surface area contributed by atoms with Gasteiger partial charge in [0.2, 0.25) is 0 Å². The van der Waals surface area contributed by atoms with Gasteiger partial charge in [-0.05, 0) is 19.9 Å². The van der Waals surface area contributed by atoms with Gasteiger partial charge in [-0.15, -0.1) is 11.6 Å². The van der Waals surface area contributed by atoms with Gasteiger partial charge in [0.1, 0.15) is 5.69 Å². The summed E-state index contributed by atoms with van der Waals surface area (Å²) in [5.74, 6) is 0.0890. The average Bonchev–Trinajstić information content (AvgIpc) is 2.15. The number of alkyl halides is 1. The molecule has 82 valence electrons. The molecule has 0 aromatic carbocycles. The molecule has 4 nitrogen and oxygen atoms in total. The molecule has 0 bridgehead atoms. The highest BCUT2D eigenvalue weighted by atomic mass is 35.5. The molecule has 0 spiro atoms. The highest BCUT2D eigenvalue weighted by molar-refractivity contribution is 6.20. The summed E-state index contributed by atoms with van der Waals surface area (Å²) < 4.78 is 0. The molecule has 15 heavy (non-hydrogen) atoms. The van der Waals surface area contributed by atoms with Crippen molar-refractivity contribution in [3.05, 3.63) is 33.6 Å². The summed E-state index contributed by atoms with van der Waals surface area (Å²) in [6.45, 7) is 5.46. The van der Waals surface area contributed by atoms with E-state index in [1.165, 1.54) is 6.07 Å². The number of nitro groups is 1. The third-order valence-corrected chi connectivity index (χ3v) is 2.81. The second-order valence-corrected chi connectivity index (χ2v) is 4.25. The van der Waals surface area contributed by atoms with Crippen molar-refractivity contribution in [2.24, 2.45) is 0 Å². The standard InChI is InChI=1S/C10H13ClN2O2/c1-6(7(2)11)9-4-5-10(13(14)15)8(3)12-9/h4-7H,1-3H3. The minimum absolute atomic E-state index is 0.0432. The fourth-order valence-corrected chi connectivity index (χ4v) is 1.38. The maximum absolute atomic E-state index is 10.6. The van der Waals surface area contributed by atoms with E-state index in [1.807, 2.05) is 13.8 Å². The molecule has 0 aliphatic carbocycles. The molecule has 2 atom stereocenters. The van der Waals surface area contributed by atoms with Crippen LogP contribution in [0.15, 0.2) is 12.1 Å². The zero-order valence-electron chi connectivity index (χ0n) is 8.90. The lowest BCUT2D eigenvalue weighted by molar-refractivity contribution is -0.385.